The fourth-order valence-corrected chi connectivity index (χ4v) is 4.83. The van der Waals surface area contributed by atoms with E-state index in [-0.39, 0.29) is 17.2 Å². The summed E-state index contributed by atoms with van der Waals surface area (Å²) in [6, 6.07) is 18.5. The molecule has 3 heterocycles. The molecule has 1 aliphatic rings. The highest BCUT2D eigenvalue weighted by atomic mass is 35.5. The van der Waals surface area contributed by atoms with Gasteiger partial charge < -0.3 is 14.2 Å². The molecule has 1 aliphatic heterocycles. The minimum Gasteiger partial charge on any atom is -0.477 e. The Balaban J connectivity index is 1.37. The maximum atomic E-state index is 13.5. The van der Waals surface area contributed by atoms with Crippen LogP contribution in [0.3, 0.4) is 0 Å². The van der Waals surface area contributed by atoms with Crippen molar-refractivity contribution in [2.75, 3.05) is 19.7 Å². The van der Waals surface area contributed by atoms with Crippen LogP contribution in [0.4, 0.5) is 0 Å². The highest BCUT2D eigenvalue weighted by molar-refractivity contribution is 6.30. The van der Waals surface area contributed by atoms with Gasteiger partial charge in [0.05, 0.1) is 11.6 Å². The number of aromatic nitrogens is 3. The molecule has 0 spiro atoms. The first-order valence-electron chi connectivity index (χ1n) is 11.5. The Hall–Kier alpha value is -3.42. The fourth-order valence-electron chi connectivity index (χ4n) is 4.59. The van der Waals surface area contributed by atoms with Crippen LogP contribution < -0.4 is 4.74 Å². The normalized spacial score (nSPS) is 19.4. The number of carbonyl (C=O) groups excluding carboxylic acids is 1. The van der Waals surface area contributed by atoms with Gasteiger partial charge in [-0.1, -0.05) is 47.4 Å². The van der Waals surface area contributed by atoms with E-state index in [9.17, 15) is 4.79 Å². The smallest absolute Gasteiger partial charge is 0.257 e. The third-order valence-electron chi connectivity index (χ3n) is 6.51. The maximum Gasteiger partial charge on any atom is 0.257 e. The second-order valence-corrected chi connectivity index (χ2v) is 10.1. The van der Waals surface area contributed by atoms with Crippen LogP contribution >= 0.6 is 23.2 Å². The van der Waals surface area contributed by atoms with Crippen molar-refractivity contribution in [3.05, 3.63) is 93.9 Å². The van der Waals surface area contributed by atoms with Crippen molar-refractivity contribution >= 4 is 29.1 Å². The summed E-state index contributed by atoms with van der Waals surface area (Å²) in [6.45, 7) is 5.36. The van der Waals surface area contributed by atoms with E-state index in [1.165, 1.54) is 0 Å². The predicted octanol–water partition coefficient (Wildman–Crippen LogP) is 6.07. The molecule has 2 atom stereocenters. The van der Waals surface area contributed by atoms with Gasteiger partial charge in [0.25, 0.3) is 11.8 Å². The number of rotatable bonds is 6. The molecule has 36 heavy (non-hydrogen) atoms. The Kier molecular flexibility index (Phi) is 6.69. The van der Waals surface area contributed by atoms with Crippen molar-refractivity contribution in [1.29, 1.82) is 0 Å². The Morgan fingerprint density at radius 3 is 2.44 bits per heavy atom. The maximum absolute atomic E-state index is 13.5. The van der Waals surface area contributed by atoms with E-state index < -0.39 is 0 Å². The van der Waals surface area contributed by atoms with Gasteiger partial charge in [0.1, 0.15) is 0 Å². The fraction of sp³-hybridized carbons (Fsp3) is 0.259. The van der Waals surface area contributed by atoms with Gasteiger partial charge in [-0.25, -0.2) is 4.98 Å². The highest BCUT2D eigenvalue weighted by Crippen LogP contribution is 2.44. The van der Waals surface area contributed by atoms with Gasteiger partial charge in [-0.15, -0.1) is 0 Å². The average molecular weight is 523 g/mol. The molecule has 9 heteroatoms. The van der Waals surface area contributed by atoms with Crippen LogP contribution in [-0.4, -0.2) is 45.6 Å². The van der Waals surface area contributed by atoms with Gasteiger partial charge in [0.2, 0.25) is 5.88 Å². The Morgan fingerprint density at radius 2 is 1.81 bits per heavy atom. The molecular formula is C27H24Cl2N4O3. The van der Waals surface area contributed by atoms with Crippen molar-refractivity contribution in [2.45, 2.75) is 19.8 Å². The molecule has 0 aliphatic carbocycles. The van der Waals surface area contributed by atoms with Crippen LogP contribution in [0.15, 0.2) is 71.4 Å². The molecular weight excluding hydrogens is 499 g/mol. The van der Waals surface area contributed by atoms with Gasteiger partial charge >= 0.3 is 0 Å². The standard InChI is InChI=1S/C27H24Cl2N4O3/c1-17-31-25(36-32-17)19-3-5-20(6-4-19)26(34)33-14-23(18-7-9-21(28)10-8-18)27(2,15-33)16-35-24-12-11-22(29)13-30-24/h3-13,23H,14-16H2,1-2H3/t23-,27-/m1/s1. The van der Waals surface area contributed by atoms with Crippen LogP contribution in [0, 0.1) is 12.3 Å². The number of hydrogen-bond acceptors (Lipinski definition) is 6. The van der Waals surface area contributed by atoms with Gasteiger partial charge in [-0.3, -0.25) is 4.79 Å². The van der Waals surface area contributed by atoms with Gasteiger partial charge in [-0.2, -0.15) is 4.98 Å². The van der Waals surface area contributed by atoms with Crippen molar-refractivity contribution < 1.29 is 14.1 Å². The van der Waals surface area contributed by atoms with Crippen LogP contribution in [0.5, 0.6) is 5.88 Å². The second-order valence-electron chi connectivity index (χ2n) is 9.27. The van der Waals surface area contributed by atoms with E-state index in [1.54, 1.807) is 37.4 Å². The Morgan fingerprint density at radius 1 is 1.08 bits per heavy atom. The van der Waals surface area contributed by atoms with Crippen molar-refractivity contribution in [3.8, 4) is 17.3 Å². The summed E-state index contributed by atoms with van der Waals surface area (Å²) in [5, 5.41) is 5.04. The number of amides is 1. The number of likely N-dealkylation sites (tertiary alicyclic amines) is 1. The van der Waals surface area contributed by atoms with Gasteiger partial charge in [-0.05, 0) is 55.0 Å². The lowest BCUT2D eigenvalue weighted by Gasteiger charge is -2.30. The van der Waals surface area contributed by atoms with E-state index in [4.69, 9.17) is 32.5 Å². The molecule has 0 N–H and O–H groups in total. The summed E-state index contributed by atoms with van der Waals surface area (Å²) in [6.07, 6.45) is 1.56. The van der Waals surface area contributed by atoms with Crippen LogP contribution in [0.1, 0.15) is 34.6 Å². The average Bonchev–Trinajstić information content (AvgIpc) is 3.47. The number of aryl methyl sites for hydroxylation is 1. The lowest BCUT2D eigenvalue weighted by molar-refractivity contribution is 0.0758. The largest absolute Gasteiger partial charge is 0.477 e. The number of carbonyl (C=O) groups is 1. The quantitative estimate of drug-likeness (QED) is 0.305. The van der Waals surface area contributed by atoms with E-state index in [2.05, 4.69) is 22.0 Å². The van der Waals surface area contributed by atoms with Crippen LogP contribution in [0.25, 0.3) is 11.5 Å². The Labute approximate surface area is 219 Å². The zero-order valence-electron chi connectivity index (χ0n) is 19.8. The van der Waals surface area contributed by atoms with Crippen molar-refractivity contribution in [3.63, 3.8) is 0 Å². The number of hydrogen-bond donors (Lipinski definition) is 0. The predicted molar refractivity (Wildman–Crippen MR) is 137 cm³/mol. The Bertz CT molecular complexity index is 1360. The zero-order valence-corrected chi connectivity index (χ0v) is 21.3. The van der Waals surface area contributed by atoms with Crippen LogP contribution in [-0.2, 0) is 0 Å². The summed E-state index contributed by atoms with van der Waals surface area (Å²) in [5.74, 6) is 1.48. The van der Waals surface area contributed by atoms with E-state index in [0.29, 0.717) is 52.9 Å². The summed E-state index contributed by atoms with van der Waals surface area (Å²) >= 11 is 12.1. The van der Waals surface area contributed by atoms with E-state index in [1.807, 2.05) is 41.3 Å². The topological polar surface area (TPSA) is 81.4 Å². The van der Waals surface area contributed by atoms with Crippen LogP contribution in [0.2, 0.25) is 10.0 Å². The first kappa shape index (κ1) is 24.3. The van der Waals surface area contributed by atoms with Gasteiger partial charge in [0.15, 0.2) is 5.82 Å². The summed E-state index contributed by atoms with van der Waals surface area (Å²) in [7, 11) is 0. The van der Waals surface area contributed by atoms with Gasteiger partial charge in [0, 0.05) is 52.8 Å². The number of ether oxygens (including phenoxy) is 1. The minimum atomic E-state index is -0.355. The lowest BCUT2D eigenvalue weighted by atomic mass is 9.77. The molecule has 0 unspecified atom stereocenters. The first-order chi connectivity index (χ1) is 17.3. The molecule has 4 aromatic rings. The molecule has 0 saturated carbocycles. The van der Waals surface area contributed by atoms with E-state index in [0.717, 1.165) is 11.1 Å². The highest BCUT2D eigenvalue weighted by Gasteiger charge is 2.46. The number of benzene rings is 2. The molecule has 0 bridgehead atoms. The number of pyridine rings is 1. The molecule has 5 rings (SSSR count). The molecule has 0 radical (unpaired) electrons. The summed E-state index contributed by atoms with van der Waals surface area (Å²) < 4.78 is 11.3. The first-order valence-corrected chi connectivity index (χ1v) is 12.3. The molecule has 184 valence electrons. The summed E-state index contributed by atoms with van der Waals surface area (Å²) in [5.41, 5.74) is 2.11. The number of nitrogens with zero attached hydrogens (tertiary/aromatic N) is 4. The summed E-state index contributed by atoms with van der Waals surface area (Å²) in [4.78, 5) is 23.9. The second kappa shape index (κ2) is 9.91. The zero-order chi connectivity index (χ0) is 25.3. The number of halogens is 2. The molecule has 1 saturated heterocycles. The molecule has 7 nitrogen and oxygen atoms in total. The minimum absolute atomic E-state index is 0.0458. The molecule has 1 amide bonds. The third-order valence-corrected chi connectivity index (χ3v) is 6.99. The third kappa shape index (κ3) is 5.08. The van der Waals surface area contributed by atoms with Crippen molar-refractivity contribution in [1.82, 2.24) is 20.0 Å². The molecule has 2 aromatic carbocycles. The SMILES string of the molecule is Cc1noc(-c2ccc(C(=O)N3C[C@H](c4ccc(Cl)cc4)[C@@](C)(COc4ccc(Cl)cn4)C3)cc2)n1. The van der Waals surface area contributed by atoms with E-state index >= 15 is 0 Å². The van der Waals surface area contributed by atoms with Crippen molar-refractivity contribution in [2.24, 2.45) is 5.41 Å². The molecule has 2 aromatic heterocycles. The monoisotopic (exact) mass is 522 g/mol. The lowest BCUT2D eigenvalue weighted by Crippen LogP contribution is -2.35. The molecule has 1 fully saturated rings.